The van der Waals surface area contributed by atoms with Crippen LogP contribution in [0, 0.1) is 17.8 Å². The van der Waals surface area contributed by atoms with Gasteiger partial charge in [0, 0.05) is 32.4 Å². The summed E-state index contributed by atoms with van der Waals surface area (Å²) in [7, 11) is 1.61. The van der Waals surface area contributed by atoms with E-state index in [0.29, 0.717) is 17.6 Å². The van der Waals surface area contributed by atoms with E-state index < -0.39 is 120 Å². The molecule has 0 bridgehead atoms. The van der Waals surface area contributed by atoms with Gasteiger partial charge in [0.05, 0.1) is 29.7 Å². The van der Waals surface area contributed by atoms with E-state index in [9.17, 15) is 53.4 Å². The normalized spacial score (nSPS) is 24.7. The molecule has 73 heavy (non-hydrogen) atoms. The molecule has 1 aliphatic rings. The molecular weight excluding hydrogens is 945 g/mol. The Balaban J connectivity index is 2.11. The lowest BCUT2D eigenvalue weighted by Gasteiger charge is -2.28. The number of amides is 7. The molecule has 10 atom stereocenters. The van der Waals surface area contributed by atoms with Crippen molar-refractivity contribution in [1.82, 2.24) is 37.2 Å². The van der Waals surface area contributed by atoms with Crippen LogP contribution in [0.25, 0.3) is 0 Å². The molecule has 3 unspecified atom stereocenters. The summed E-state index contributed by atoms with van der Waals surface area (Å²) in [5.41, 5.74) is 12.8. The van der Waals surface area contributed by atoms with Crippen molar-refractivity contribution in [2.45, 2.75) is 115 Å². The van der Waals surface area contributed by atoms with Crippen molar-refractivity contribution in [1.29, 1.82) is 0 Å². The summed E-state index contributed by atoms with van der Waals surface area (Å²) in [6.07, 6.45) is 4.37. The van der Waals surface area contributed by atoms with E-state index in [1.807, 2.05) is 43.3 Å². The Morgan fingerprint density at radius 3 is 1.96 bits per heavy atom. The zero-order valence-corrected chi connectivity index (χ0v) is 42.0. The first kappa shape index (κ1) is 59.4. The van der Waals surface area contributed by atoms with Crippen LogP contribution >= 0.6 is 0 Å². The predicted molar refractivity (Wildman–Crippen MR) is 270 cm³/mol. The van der Waals surface area contributed by atoms with Crippen LogP contribution in [0.1, 0.15) is 71.4 Å². The van der Waals surface area contributed by atoms with Crippen molar-refractivity contribution in [3.8, 4) is 0 Å². The van der Waals surface area contributed by atoms with E-state index in [-0.39, 0.29) is 43.8 Å². The lowest BCUT2D eigenvalue weighted by Crippen LogP contribution is -2.59. The number of guanidine groups is 1. The van der Waals surface area contributed by atoms with Crippen molar-refractivity contribution >= 4 is 59.2 Å². The van der Waals surface area contributed by atoms with Crippen LogP contribution in [0.4, 0.5) is 0 Å². The molecule has 0 aliphatic carbocycles. The van der Waals surface area contributed by atoms with Crippen LogP contribution < -0.4 is 48.7 Å². The Hall–Kier alpha value is -7.88. The third-order valence-corrected chi connectivity index (χ3v) is 12.1. The van der Waals surface area contributed by atoms with Gasteiger partial charge in [-0.1, -0.05) is 112 Å². The highest BCUT2D eigenvalue weighted by Crippen LogP contribution is 2.19. The molecule has 22 nitrogen and oxygen atoms in total. The minimum atomic E-state index is -1.92. The van der Waals surface area contributed by atoms with Crippen molar-refractivity contribution in [2.24, 2.45) is 34.2 Å². The van der Waals surface area contributed by atoms with Gasteiger partial charge in [-0.2, -0.15) is 0 Å². The molecule has 396 valence electrons. The molecule has 0 aromatic heterocycles. The third kappa shape index (κ3) is 20.0. The van der Waals surface area contributed by atoms with Gasteiger partial charge >= 0.3 is 11.9 Å². The van der Waals surface area contributed by atoms with Crippen LogP contribution in [-0.2, 0) is 60.7 Å². The van der Waals surface area contributed by atoms with E-state index in [1.54, 1.807) is 50.4 Å². The summed E-state index contributed by atoms with van der Waals surface area (Å²) in [5.74, 6) is -12.7. The van der Waals surface area contributed by atoms with E-state index in [2.05, 4.69) is 48.8 Å². The summed E-state index contributed by atoms with van der Waals surface area (Å²) in [5, 5.41) is 37.7. The number of carbonyl (C=O) groups is 9. The molecule has 3 rings (SSSR count). The molecule has 1 heterocycles. The van der Waals surface area contributed by atoms with Crippen LogP contribution in [0.5, 0.6) is 0 Å². The number of benzene rings is 2. The standard InChI is InChI=1S/C51H70N10O12/c1-28(25-29(2)40(73-7)27-35-17-12-9-13-18-35)20-21-36-30(3)43(63)59-38(49(69)70)22-23-41(62)55-32(5)45(65)56-33(6)46(66)60-39(26-34-15-10-8-11-16-34)48(68)61-42(50(71)72)31(4)44(64)58-37(47(67)57-36)19-14-24-54-51(52)53/h8-13,15-18,20-21,25,29-31,33,36-40,42H,5,14,19,22-24,26-27H2,1-4,6-7H3,(H,55,62)(H,56,65)(H,57,67)(H,58,64)(H,59,63)(H,60,66)(H,61,68)(H,69,70)(H,71,72)(H4,52,53,54)/b21-20+,28-25+/t29-,30-,31-,33+,36?,37?,38+,39-,40-,42?/m0/s1. The van der Waals surface area contributed by atoms with Gasteiger partial charge in [0.2, 0.25) is 35.4 Å². The summed E-state index contributed by atoms with van der Waals surface area (Å²) in [4.78, 5) is 125. The highest BCUT2D eigenvalue weighted by molar-refractivity contribution is 6.00. The molecule has 0 radical (unpaired) electrons. The number of aliphatic carboxylic acids is 2. The number of carbonyl (C=O) groups excluding carboxylic acids is 7. The minimum absolute atomic E-state index is 0.0158. The second kappa shape index (κ2) is 29.5. The molecule has 2 aromatic rings. The Morgan fingerprint density at radius 1 is 0.781 bits per heavy atom. The summed E-state index contributed by atoms with van der Waals surface area (Å²) >= 11 is 0. The number of nitrogens with two attached hydrogens (primary N) is 2. The number of rotatable bonds is 15. The van der Waals surface area contributed by atoms with Crippen LogP contribution in [0.15, 0.2) is 102 Å². The SMILES string of the molecule is C=C1NC(=O)CC[C@H](C(=O)O)NC(=O)[C@@H](C)C(/C=C/C(C)=C/[C@H](C)[C@H](Cc2ccccc2)OC)NC(=O)C(CCCN=C(N)N)NC(=O)[C@@H](C)C(C(=O)O)NC(=O)[C@H](Cc2ccccc2)NC(=O)[C@@H](C)NC1=O. The molecule has 0 saturated carbocycles. The fourth-order valence-electron chi connectivity index (χ4n) is 7.64. The third-order valence-electron chi connectivity index (χ3n) is 12.1. The lowest BCUT2D eigenvalue weighted by atomic mass is 9.94. The Kier molecular flexibility index (Phi) is 24.0. The average Bonchev–Trinajstić information content (AvgIpc) is 3.34. The number of ether oxygens (including phenoxy) is 1. The Morgan fingerprint density at radius 2 is 1.37 bits per heavy atom. The summed E-state index contributed by atoms with van der Waals surface area (Å²) < 4.78 is 5.81. The number of nitrogens with one attached hydrogen (secondary N) is 7. The second-order valence-corrected chi connectivity index (χ2v) is 17.9. The van der Waals surface area contributed by atoms with Gasteiger partial charge in [0.1, 0.15) is 30.2 Å². The molecule has 1 fully saturated rings. The fourth-order valence-corrected chi connectivity index (χ4v) is 7.64. The first-order valence-electron chi connectivity index (χ1n) is 23.8. The number of hydrogen-bond donors (Lipinski definition) is 11. The monoisotopic (exact) mass is 1010 g/mol. The van der Waals surface area contributed by atoms with Gasteiger partial charge in [-0.25, -0.2) is 9.59 Å². The van der Waals surface area contributed by atoms with Gasteiger partial charge in [0.15, 0.2) is 5.96 Å². The molecule has 13 N–H and O–H groups in total. The van der Waals surface area contributed by atoms with Crippen LogP contribution in [0.3, 0.4) is 0 Å². The van der Waals surface area contributed by atoms with E-state index in [0.717, 1.165) is 5.56 Å². The minimum Gasteiger partial charge on any atom is -0.480 e. The molecule has 22 heteroatoms. The fraction of sp³-hybridized carbons (Fsp3) is 0.451. The van der Waals surface area contributed by atoms with Gasteiger partial charge in [0.25, 0.3) is 5.91 Å². The number of aliphatic imine (C=N–C) groups is 1. The first-order valence-corrected chi connectivity index (χ1v) is 23.8. The summed E-state index contributed by atoms with van der Waals surface area (Å²) in [6, 6.07) is 9.15. The average molecular weight is 1020 g/mol. The van der Waals surface area contributed by atoms with Gasteiger partial charge < -0.3 is 63.6 Å². The van der Waals surface area contributed by atoms with Crippen LogP contribution in [-0.4, -0.2) is 125 Å². The predicted octanol–water partition coefficient (Wildman–Crippen LogP) is 0.473. The van der Waals surface area contributed by atoms with E-state index >= 15 is 0 Å². The van der Waals surface area contributed by atoms with Crippen molar-refractivity contribution in [3.63, 3.8) is 0 Å². The highest BCUT2D eigenvalue weighted by atomic mass is 16.5. The largest absolute Gasteiger partial charge is 0.480 e. The Bertz CT molecular complexity index is 2370. The lowest BCUT2D eigenvalue weighted by molar-refractivity contribution is -0.146. The van der Waals surface area contributed by atoms with Gasteiger partial charge in [-0.3, -0.25) is 38.6 Å². The molecule has 0 spiro atoms. The molecule has 7 amide bonds. The second-order valence-electron chi connectivity index (χ2n) is 17.9. The number of carboxylic acid groups (broad SMARTS) is 2. The summed E-state index contributed by atoms with van der Waals surface area (Å²) in [6.45, 7) is 11.2. The highest BCUT2D eigenvalue weighted by Gasteiger charge is 2.37. The Labute approximate surface area is 424 Å². The number of nitrogens with zero attached hydrogens (tertiary/aromatic N) is 1. The van der Waals surface area contributed by atoms with Crippen molar-refractivity contribution in [2.75, 3.05) is 13.7 Å². The number of allylic oxidation sites excluding steroid dienone is 2. The van der Waals surface area contributed by atoms with Crippen LogP contribution in [0.2, 0.25) is 0 Å². The first-order chi connectivity index (χ1) is 34.5. The van der Waals surface area contributed by atoms with E-state index in [1.165, 1.54) is 26.8 Å². The smallest absolute Gasteiger partial charge is 0.327 e. The topological polar surface area (TPSA) is 352 Å². The maximum Gasteiger partial charge on any atom is 0.327 e. The quantitative estimate of drug-likeness (QED) is 0.0380. The van der Waals surface area contributed by atoms with Gasteiger partial charge in [-0.05, 0) is 50.7 Å². The molecular formula is C51H70N10O12. The molecule has 1 saturated heterocycles. The van der Waals surface area contributed by atoms with E-state index in [4.69, 9.17) is 16.2 Å². The number of carboxylic acids is 2. The zero-order chi connectivity index (χ0) is 54.4. The molecule has 2 aromatic carbocycles. The molecule has 1 aliphatic heterocycles. The maximum atomic E-state index is 14.4. The zero-order valence-electron chi connectivity index (χ0n) is 42.0. The van der Waals surface area contributed by atoms with Crippen molar-refractivity contribution < 1.29 is 58.1 Å². The van der Waals surface area contributed by atoms with Gasteiger partial charge in [-0.15, -0.1) is 0 Å². The number of methoxy groups -OCH3 is 1. The number of hydrogen-bond acceptors (Lipinski definition) is 11. The maximum absolute atomic E-state index is 14.4. The van der Waals surface area contributed by atoms with Crippen molar-refractivity contribution in [3.05, 3.63) is 108 Å².